The molecule has 0 atom stereocenters. The van der Waals surface area contributed by atoms with Gasteiger partial charge in [0.1, 0.15) is 11.6 Å². The first-order valence-corrected chi connectivity index (χ1v) is 10.6. The lowest BCUT2D eigenvalue weighted by Gasteiger charge is -2.12. The van der Waals surface area contributed by atoms with Crippen LogP contribution in [0.2, 0.25) is 0 Å². The third kappa shape index (κ3) is 4.97. The quantitative estimate of drug-likeness (QED) is 0.388. The van der Waals surface area contributed by atoms with Gasteiger partial charge < -0.3 is 19.0 Å². The molecule has 1 N–H and O–H groups in total. The van der Waals surface area contributed by atoms with Gasteiger partial charge in [-0.15, -0.1) is 0 Å². The summed E-state index contributed by atoms with van der Waals surface area (Å²) in [6, 6.07) is 17.7. The molecule has 0 aliphatic heterocycles. The Bertz CT molecular complexity index is 1160. The van der Waals surface area contributed by atoms with Crippen molar-refractivity contribution in [1.82, 2.24) is 14.9 Å². The van der Waals surface area contributed by atoms with Gasteiger partial charge in [-0.25, -0.2) is 4.98 Å². The second-order valence-electron chi connectivity index (χ2n) is 7.65. The maximum Gasteiger partial charge on any atom is 0.287 e. The van der Waals surface area contributed by atoms with Gasteiger partial charge in [-0.1, -0.05) is 24.3 Å². The molecule has 4 aromatic rings. The number of benzene rings is 2. The van der Waals surface area contributed by atoms with E-state index in [2.05, 4.69) is 48.0 Å². The minimum absolute atomic E-state index is 0.245. The molecule has 0 radical (unpaired) electrons. The molecular formula is C25H27N3O3. The number of imidazole rings is 1. The Labute approximate surface area is 181 Å². The van der Waals surface area contributed by atoms with Crippen molar-refractivity contribution in [3.8, 4) is 5.75 Å². The van der Waals surface area contributed by atoms with Crippen molar-refractivity contribution < 1.29 is 13.9 Å². The molecule has 2 aromatic heterocycles. The van der Waals surface area contributed by atoms with E-state index in [9.17, 15) is 4.79 Å². The van der Waals surface area contributed by atoms with Gasteiger partial charge in [-0.05, 0) is 68.1 Å². The number of ether oxygens (including phenoxy) is 1. The number of fused-ring (bicyclic) bond motifs is 1. The zero-order chi connectivity index (χ0) is 21.6. The third-order valence-corrected chi connectivity index (χ3v) is 5.26. The van der Waals surface area contributed by atoms with Crippen LogP contribution in [0.4, 0.5) is 0 Å². The molecule has 0 saturated heterocycles. The Kier molecular flexibility index (Phi) is 6.36. The van der Waals surface area contributed by atoms with Gasteiger partial charge in [0.05, 0.1) is 30.4 Å². The summed E-state index contributed by atoms with van der Waals surface area (Å²) in [4.78, 5) is 17.0. The van der Waals surface area contributed by atoms with Gasteiger partial charge >= 0.3 is 0 Å². The van der Waals surface area contributed by atoms with Crippen molar-refractivity contribution in [2.24, 2.45) is 0 Å². The fourth-order valence-corrected chi connectivity index (χ4v) is 3.58. The highest BCUT2D eigenvalue weighted by molar-refractivity contribution is 5.91. The molecule has 0 fully saturated rings. The van der Waals surface area contributed by atoms with Crippen molar-refractivity contribution in [2.45, 2.75) is 39.8 Å². The number of rotatable bonds is 9. The largest absolute Gasteiger partial charge is 0.493 e. The van der Waals surface area contributed by atoms with Gasteiger partial charge in [0.2, 0.25) is 0 Å². The molecule has 0 aliphatic rings. The second-order valence-corrected chi connectivity index (χ2v) is 7.65. The highest BCUT2D eigenvalue weighted by Gasteiger charge is 2.13. The van der Waals surface area contributed by atoms with Crippen molar-refractivity contribution in [3.05, 3.63) is 83.6 Å². The summed E-state index contributed by atoms with van der Waals surface area (Å²) in [6.07, 6.45) is 3.37. The van der Waals surface area contributed by atoms with Gasteiger partial charge in [0, 0.05) is 6.54 Å². The first kappa shape index (κ1) is 20.7. The number of amides is 1. The molecule has 6 heteroatoms. The van der Waals surface area contributed by atoms with Crippen LogP contribution in [-0.2, 0) is 13.1 Å². The summed E-state index contributed by atoms with van der Waals surface area (Å²) in [5, 5.41) is 2.90. The Morgan fingerprint density at radius 3 is 2.81 bits per heavy atom. The molecule has 0 spiro atoms. The molecule has 31 heavy (non-hydrogen) atoms. The zero-order valence-electron chi connectivity index (χ0n) is 17.9. The maximum absolute atomic E-state index is 12.2. The summed E-state index contributed by atoms with van der Waals surface area (Å²) in [5.41, 5.74) is 4.35. The molecule has 1 amide bonds. The summed E-state index contributed by atoms with van der Waals surface area (Å²) in [7, 11) is 0. The van der Waals surface area contributed by atoms with Crippen LogP contribution in [0.15, 0.2) is 65.3 Å². The molecule has 0 aliphatic carbocycles. The standard InChI is InChI=1S/C25H27N3O3/c1-18-11-12-19(2)23(16-18)31-14-6-5-13-28-21-9-4-3-8-20(21)27-24(28)17-26-25(29)22-10-7-15-30-22/h3-4,7-12,15-16H,5-6,13-14,17H2,1-2H3,(H,26,29). The van der Waals surface area contributed by atoms with Crippen LogP contribution in [0.25, 0.3) is 11.0 Å². The normalized spacial score (nSPS) is 11.0. The van der Waals surface area contributed by atoms with Crippen molar-refractivity contribution >= 4 is 16.9 Å². The number of hydrogen-bond donors (Lipinski definition) is 1. The highest BCUT2D eigenvalue weighted by atomic mass is 16.5. The van der Waals surface area contributed by atoms with Gasteiger partial charge in [0.15, 0.2) is 5.76 Å². The highest BCUT2D eigenvalue weighted by Crippen LogP contribution is 2.20. The number of hydrogen-bond acceptors (Lipinski definition) is 4. The lowest BCUT2D eigenvalue weighted by molar-refractivity contribution is 0.0921. The topological polar surface area (TPSA) is 69.3 Å². The van der Waals surface area contributed by atoms with E-state index in [1.807, 2.05) is 18.2 Å². The summed E-state index contributed by atoms with van der Waals surface area (Å²) in [6.45, 7) is 5.95. The van der Waals surface area contributed by atoms with E-state index < -0.39 is 0 Å². The number of unbranched alkanes of at least 4 members (excludes halogenated alkanes) is 1. The number of aromatic nitrogens is 2. The predicted molar refractivity (Wildman–Crippen MR) is 120 cm³/mol. The van der Waals surface area contributed by atoms with E-state index in [1.54, 1.807) is 12.1 Å². The number of aryl methyl sites for hydroxylation is 3. The Hall–Kier alpha value is -3.54. The van der Waals surface area contributed by atoms with E-state index in [-0.39, 0.29) is 5.91 Å². The lowest BCUT2D eigenvalue weighted by Crippen LogP contribution is -2.24. The second kappa shape index (κ2) is 9.51. The van der Waals surface area contributed by atoms with Crippen LogP contribution in [0, 0.1) is 13.8 Å². The SMILES string of the molecule is Cc1ccc(C)c(OCCCCn2c(CNC(=O)c3ccco3)nc3ccccc32)c1. The van der Waals surface area contributed by atoms with Crippen LogP contribution >= 0.6 is 0 Å². The summed E-state index contributed by atoms with van der Waals surface area (Å²) >= 11 is 0. The molecule has 160 valence electrons. The predicted octanol–water partition coefficient (Wildman–Crippen LogP) is 5.04. The van der Waals surface area contributed by atoms with E-state index in [0.717, 1.165) is 47.6 Å². The molecular weight excluding hydrogens is 390 g/mol. The molecule has 0 unspecified atom stereocenters. The number of furan rings is 1. The average Bonchev–Trinajstić information content (AvgIpc) is 3.43. The van der Waals surface area contributed by atoms with Crippen LogP contribution in [-0.4, -0.2) is 22.1 Å². The monoisotopic (exact) mass is 417 g/mol. The van der Waals surface area contributed by atoms with E-state index in [1.165, 1.54) is 11.8 Å². The first-order chi connectivity index (χ1) is 15.1. The smallest absolute Gasteiger partial charge is 0.287 e. The minimum atomic E-state index is -0.245. The maximum atomic E-state index is 12.2. The Balaban J connectivity index is 1.37. The molecule has 2 aromatic carbocycles. The van der Waals surface area contributed by atoms with Crippen molar-refractivity contribution in [1.29, 1.82) is 0 Å². The first-order valence-electron chi connectivity index (χ1n) is 10.6. The van der Waals surface area contributed by atoms with Crippen molar-refractivity contribution in [3.63, 3.8) is 0 Å². The van der Waals surface area contributed by atoms with Crippen LogP contribution in [0.5, 0.6) is 5.75 Å². The number of nitrogens with zero attached hydrogens (tertiary/aromatic N) is 2. The van der Waals surface area contributed by atoms with Gasteiger partial charge in [0.25, 0.3) is 5.91 Å². The van der Waals surface area contributed by atoms with Crippen LogP contribution in [0.3, 0.4) is 0 Å². The Morgan fingerprint density at radius 2 is 1.97 bits per heavy atom. The lowest BCUT2D eigenvalue weighted by atomic mass is 10.1. The molecule has 0 bridgehead atoms. The average molecular weight is 418 g/mol. The number of para-hydroxylation sites is 2. The van der Waals surface area contributed by atoms with E-state index in [0.29, 0.717) is 18.9 Å². The fourth-order valence-electron chi connectivity index (χ4n) is 3.58. The third-order valence-electron chi connectivity index (χ3n) is 5.26. The summed E-state index contributed by atoms with van der Waals surface area (Å²) in [5.74, 6) is 1.84. The number of nitrogens with one attached hydrogen (secondary N) is 1. The zero-order valence-corrected chi connectivity index (χ0v) is 17.9. The van der Waals surface area contributed by atoms with Gasteiger partial charge in [-0.2, -0.15) is 0 Å². The molecule has 2 heterocycles. The van der Waals surface area contributed by atoms with Crippen LogP contribution in [0.1, 0.15) is 40.3 Å². The number of carbonyl (C=O) groups is 1. The fraction of sp³-hybridized carbons (Fsp3) is 0.280. The van der Waals surface area contributed by atoms with E-state index in [4.69, 9.17) is 14.1 Å². The van der Waals surface area contributed by atoms with E-state index >= 15 is 0 Å². The minimum Gasteiger partial charge on any atom is -0.493 e. The molecule has 4 rings (SSSR count). The molecule has 6 nitrogen and oxygen atoms in total. The summed E-state index contributed by atoms with van der Waals surface area (Å²) < 4.78 is 13.3. The number of carbonyl (C=O) groups excluding carboxylic acids is 1. The van der Waals surface area contributed by atoms with Gasteiger partial charge in [-0.3, -0.25) is 4.79 Å². The molecule has 0 saturated carbocycles. The van der Waals surface area contributed by atoms with Crippen LogP contribution < -0.4 is 10.1 Å². The Morgan fingerprint density at radius 1 is 1.10 bits per heavy atom. The van der Waals surface area contributed by atoms with Crippen molar-refractivity contribution in [2.75, 3.05) is 6.61 Å².